The van der Waals surface area contributed by atoms with Gasteiger partial charge in [-0.2, -0.15) is 0 Å². The molecule has 8 heteroatoms. The number of nitrogens with one attached hydrogen (secondary N) is 1. The van der Waals surface area contributed by atoms with Crippen LogP contribution in [0.4, 0.5) is 4.79 Å². The molecule has 8 nitrogen and oxygen atoms in total. The molecule has 2 aromatic carbocycles. The third-order valence-corrected chi connectivity index (χ3v) is 7.25. The topological polar surface area (TPSA) is 88.2 Å². The quantitative estimate of drug-likeness (QED) is 0.664. The molecule has 0 bridgehead atoms. The van der Waals surface area contributed by atoms with Gasteiger partial charge in [0.2, 0.25) is 5.91 Å². The summed E-state index contributed by atoms with van der Waals surface area (Å²) in [5.41, 5.74) is 1.62. The van der Waals surface area contributed by atoms with E-state index in [1.165, 1.54) is 0 Å². The molecule has 3 aliphatic heterocycles. The van der Waals surface area contributed by atoms with Gasteiger partial charge in [0.05, 0.1) is 6.04 Å². The number of hydrogen-bond donors (Lipinski definition) is 1. The van der Waals surface area contributed by atoms with Gasteiger partial charge in [-0.25, -0.2) is 4.79 Å². The molecule has 0 aliphatic carbocycles. The number of imide groups is 1. The number of rotatable bonds is 5. The lowest BCUT2D eigenvalue weighted by atomic mass is 9.90. The van der Waals surface area contributed by atoms with E-state index in [4.69, 9.17) is 9.47 Å². The van der Waals surface area contributed by atoms with Crippen molar-refractivity contribution < 1.29 is 23.9 Å². The van der Waals surface area contributed by atoms with Crippen molar-refractivity contribution in [2.75, 3.05) is 26.3 Å². The molecule has 2 fully saturated rings. The monoisotopic (exact) mass is 477 g/mol. The van der Waals surface area contributed by atoms with E-state index in [2.05, 4.69) is 19.2 Å². The maximum Gasteiger partial charge on any atom is 0.325 e. The van der Waals surface area contributed by atoms with Gasteiger partial charge >= 0.3 is 6.03 Å². The molecule has 0 radical (unpaired) electrons. The summed E-state index contributed by atoms with van der Waals surface area (Å²) in [6.45, 7) is 7.20. The van der Waals surface area contributed by atoms with Crippen LogP contribution in [0.25, 0.3) is 0 Å². The predicted octanol–water partition coefficient (Wildman–Crippen LogP) is 3.71. The number of nitrogens with zero attached hydrogens (tertiary/aromatic N) is 2. The number of likely N-dealkylation sites (tertiary alicyclic amines) is 1. The second kappa shape index (κ2) is 8.91. The Labute approximate surface area is 205 Å². The SMILES string of the molecule is CC(C)c1ccc(C2(C)NC(=O)N(CC(=O)N3CCCC3c3ccc4c(c3)OCCO4)C2=O)cc1. The number of fused-ring (bicyclic) bond motifs is 1. The van der Waals surface area contributed by atoms with Gasteiger partial charge in [0, 0.05) is 6.54 Å². The van der Waals surface area contributed by atoms with Crippen LogP contribution in [0.5, 0.6) is 11.5 Å². The van der Waals surface area contributed by atoms with E-state index in [9.17, 15) is 14.4 Å². The molecule has 5 rings (SSSR count). The van der Waals surface area contributed by atoms with Gasteiger partial charge in [-0.1, -0.05) is 44.2 Å². The molecule has 0 aromatic heterocycles. The minimum Gasteiger partial charge on any atom is -0.486 e. The molecule has 3 heterocycles. The molecule has 2 atom stereocenters. The van der Waals surface area contributed by atoms with Crippen molar-refractivity contribution in [3.05, 3.63) is 59.2 Å². The summed E-state index contributed by atoms with van der Waals surface area (Å²) in [5, 5.41) is 2.80. The minimum absolute atomic E-state index is 0.131. The molecule has 0 spiro atoms. The number of hydrogen-bond acceptors (Lipinski definition) is 5. The van der Waals surface area contributed by atoms with Crippen LogP contribution in [0, 0.1) is 0 Å². The van der Waals surface area contributed by atoms with Crippen LogP contribution in [0.15, 0.2) is 42.5 Å². The zero-order valence-electron chi connectivity index (χ0n) is 20.4. The Morgan fingerprint density at radius 3 is 2.51 bits per heavy atom. The van der Waals surface area contributed by atoms with E-state index in [1.807, 2.05) is 42.5 Å². The van der Waals surface area contributed by atoms with Crippen LogP contribution in [0.1, 0.15) is 62.3 Å². The highest BCUT2D eigenvalue weighted by molar-refractivity contribution is 6.09. The first-order chi connectivity index (χ1) is 16.8. The molecule has 2 aromatic rings. The molecule has 4 amide bonds. The summed E-state index contributed by atoms with van der Waals surface area (Å²) in [6, 6.07) is 12.8. The number of benzene rings is 2. The van der Waals surface area contributed by atoms with Gasteiger partial charge in [-0.3, -0.25) is 14.5 Å². The maximum atomic E-state index is 13.4. The van der Waals surface area contributed by atoms with Gasteiger partial charge in [-0.05, 0) is 54.5 Å². The first kappa shape index (κ1) is 23.2. The van der Waals surface area contributed by atoms with Crippen molar-refractivity contribution in [1.29, 1.82) is 0 Å². The van der Waals surface area contributed by atoms with E-state index >= 15 is 0 Å². The zero-order valence-corrected chi connectivity index (χ0v) is 20.4. The van der Waals surface area contributed by atoms with Gasteiger partial charge in [-0.15, -0.1) is 0 Å². The molecular formula is C27H31N3O5. The average Bonchev–Trinajstić information content (AvgIpc) is 3.43. The summed E-state index contributed by atoms with van der Waals surface area (Å²) in [4.78, 5) is 42.3. The third-order valence-electron chi connectivity index (χ3n) is 7.25. The predicted molar refractivity (Wildman–Crippen MR) is 129 cm³/mol. The van der Waals surface area contributed by atoms with Crippen molar-refractivity contribution in [3.8, 4) is 11.5 Å². The fourth-order valence-electron chi connectivity index (χ4n) is 5.14. The number of carbonyl (C=O) groups is 3. The Balaban J connectivity index is 1.32. The second-order valence-corrected chi connectivity index (χ2v) is 9.87. The summed E-state index contributed by atoms with van der Waals surface area (Å²) in [5.74, 6) is 1.09. The van der Waals surface area contributed by atoms with Crippen molar-refractivity contribution in [3.63, 3.8) is 0 Å². The Morgan fingerprint density at radius 2 is 1.80 bits per heavy atom. The number of amides is 4. The van der Waals surface area contributed by atoms with E-state index in [0.717, 1.165) is 28.9 Å². The molecule has 2 unspecified atom stereocenters. The Morgan fingerprint density at radius 1 is 1.09 bits per heavy atom. The lowest BCUT2D eigenvalue weighted by Gasteiger charge is -2.28. The summed E-state index contributed by atoms with van der Waals surface area (Å²) < 4.78 is 11.3. The molecular weight excluding hydrogens is 446 g/mol. The zero-order chi connectivity index (χ0) is 24.7. The molecule has 1 N–H and O–H groups in total. The molecule has 3 aliphatic rings. The summed E-state index contributed by atoms with van der Waals surface area (Å²) in [6.07, 6.45) is 1.66. The fraction of sp³-hybridized carbons (Fsp3) is 0.444. The van der Waals surface area contributed by atoms with Gasteiger partial charge in [0.1, 0.15) is 25.3 Å². The maximum absolute atomic E-state index is 13.4. The van der Waals surface area contributed by atoms with Crippen LogP contribution in [-0.2, 0) is 15.1 Å². The molecule has 2 saturated heterocycles. The Hall–Kier alpha value is -3.55. The van der Waals surface area contributed by atoms with Crippen LogP contribution < -0.4 is 14.8 Å². The highest BCUT2D eigenvalue weighted by atomic mass is 16.6. The molecule has 35 heavy (non-hydrogen) atoms. The number of carbonyl (C=O) groups excluding carboxylic acids is 3. The van der Waals surface area contributed by atoms with E-state index in [-0.39, 0.29) is 18.5 Å². The van der Waals surface area contributed by atoms with E-state index < -0.39 is 17.5 Å². The highest BCUT2D eigenvalue weighted by Crippen LogP contribution is 2.38. The number of ether oxygens (including phenoxy) is 2. The van der Waals surface area contributed by atoms with Crippen molar-refractivity contribution in [2.24, 2.45) is 0 Å². The third kappa shape index (κ3) is 4.11. The normalized spacial score (nSPS) is 23.7. The smallest absolute Gasteiger partial charge is 0.325 e. The first-order valence-corrected chi connectivity index (χ1v) is 12.2. The van der Waals surface area contributed by atoms with Gasteiger partial charge in [0.25, 0.3) is 5.91 Å². The van der Waals surface area contributed by atoms with Crippen LogP contribution in [0.3, 0.4) is 0 Å². The second-order valence-electron chi connectivity index (χ2n) is 9.87. The van der Waals surface area contributed by atoms with E-state index in [0.29, 0.717) is 42.7 Å². The Kier molecular flexibility index (Phi) is 5.91. The highest BCUT2D eigenvalue weighted by Gasteiger charge is 2.50. The van der Waals surface area contributed by atoms with Crippen LogP contribution >= 0.6 is 0 Å². The average molecular weight is 478 g/mol. The summed E-state index contributed by atoms with van der Waals surface area (Å²) >= 11 is 0. The minimum atomic E-state index is -1.20. The lowest BCUT2D eigenvalue weighted by molar-refractivity contribution is -0.139. The largest absolute Gasteiger partial charge is 0.486 e. The first-order valence-electron chi connectivity index (χ1n) is 12.2. The standard InChI is InChI=1S/C27H31N3O5/c1-17(2)18-6-9-20(10-7-18)27(3)25(32)30(26(33)28-27)16-24(31)29-12-4-5-21(29)19-8-11-22-23(15-19)35-14-13-34-22/h6-11,15,17,21H,4-5,12-14,16H2,1-3H3,(H,28,33). The van der Waals surface area contributed by atoms with Crippen molar-refractivity contribution >= 4 is 17.8 Å². The lowest BCUT2D eigenvalue weighted by Crippen LogP contribution is -2.44. The summed E-state index contributed by atoms with van der Waals surface area (Å²) in [7, 11) is 0. The molecule has 184 valence electrons. The fourth-order valence-corrected chi connectivity index (χ4v) is 5.14. The van der Waals surface area contributed by atoms with Crippen molar-refractivity contribution in [2.45, 2.75) is 51.1 Å². The molecule has 0 saturated carbocycles. The van der Waals surface area contributed by atoms with Gasteiger partial charge in [0.15, 0.2) is 11.5 Å². The van der Waals surface area contributed by atoms with E-state index in [1.54, 1.807) is 11.8 Å². The van der Waals surface area contributed by atoms with Crippen molar-refractivity contribution in [1.82, 2.24) is 15.1 Å². The number of urea groups is 1. The van der Waals surface area contributed by atoms with Gasteiger partial charge < -0.3 is 19.7 Å². The Bertz CT molecular complexity index is 1160. The van der Waals surface area contributed by atoms with Crippen LogP contribution in [-0.4, -0.2) is 53.9 Å². The van der Waals surface area contributed by atoms with Crippen LogP contribution in [0.2, 0.25) is 0 Å².